The second-order valence-electron chi connectivity index (χ2n) is 5.25. The van der Waals surface area contributed by atoms with Crippen molar-refractivity contribution < 1.29 is 0 Å². The molecule has 1 N–H and O–H groups in total. The molecule has 0 spiro atoms. The molecule has 1 atom stereocenters. The third-order valence-corrected chi connectivity index (χ3v) is 3.87. The van der Waals surface area contributed by atoms with Crippen LogP contribution in [0.2, 0.25) is 10.0 Å². The molecule has 3 heteroatoms. The molecule has 0 aliphatic heterocycles. The van der Waals surface area contributed by atoms with Gasteiger partial charge >= 0.3 is 0 Å². The molecule has 1 rings (SSSR count). The van der Waals surface area contributed by atoms with Gasteiger partial charge in [0.15, 0.2) is 0 Å². The Hall–Kier alpha value is -0.240. The van der Waals surface area contributed by atoms with Crippen LogP contribution >= 0.6 is 23.2 Å². The molecule has 1 aromatic carbocycles. The van der Waals surface area contributed by atoms with Crippen molar-refractivity contribution in [2.45, 2.75) is 40.0 Å². The molecule has 102 valence electrons. The number of nitrogens with one attached hydrogen (secondary N) is 1. The van der Waals surface area contributed by atoms with E-state index in [2.05, 4.69) is 26.1 Å². The first-order chi connectivity index (χ1) is 8.50. The summed E-state index contributed by atoms with van der Waals surface area (Å²) in [5, 5.41) is 4.94. The molecule has 0 aromatic heterocycles. The van der Waals surface area contributed by atoms with Gasteiger partial charge in [0.2, 0.25) is 0 Å². The molecule has 0 aliphatic carbocycles. The molecule has 0 heterocycles. The van der Waals surface area contributed by atoms with Gasteiger partial charge in [-0.1, -0.05) is 56.5 Å². The second kappa shape index (κ2) is 7.37. The van der Waals surface area contributed by atoms with E-state index in [1.807, 2.05) is 18.2 Å². The average Bonchev–Trinajstić information content (AvgIpc) is 2.31. The molecule has 1 aromatic rings. The highest BCUT2D eigenvalue weighted by atomic mass is 35.5. The molecule has 0 amide bonds. The summed E-state index contributed by atoms with van der Waals surface area (Å²) in [4.78, 5) is 0. The molecule has 0 aliphatic rings. The van der Waals surface area contributed by atoms with Gasteiger partial charge in [0.05, 0.1) is 0 Å². The number of halogens is 2. The lowest BCUT2D eigenvalue weighted by molar-refractivity contribution is 0.277. The Kier molecular flexibility index (Phi) is 6.48. The predicted molar refractivity (Wildman–Crippen MR) is 81.7 cm³/mol. The summed E-state index contributed by atoms with van der Waals surface area (Å²) in [6.45, 7) is 8.73. The van der Waals surface area contributed by atoms with Crippen molar-refractivity contribution in [3.05, 3.63) is 33.8 Å². The van der Waals surface area contributed by atoms with Crippen LogP contribution in [0.5, 0.6) is 0 Å². The van der Waals surface area contributed by atoms with E-state index in [-0.39, 0.29) is 5.41 Å². The topological polar surface area (TPSA) is 12.0 Å². The van der Waals surface area contributed by atoms with Crippen molar-refractivity contribution in [2.24, 2.45) is 5.41 Å². The first kappa shape index (κ1) is 15.8. The Bertz CT molecular complexity index is 379. The van der Waals surface area contributed by atoms with Crippen molar-refractivity contribution >= 4 is 23.2 Å². The van der Waals surface area contributed by atoms with Crippen LogP contribution < -0.4 is 5.32 Å². The molecule has 1 nitrogen and oxygen atoms in total. The zero-order chi connectivity index (χ0) is 13.6. The fourth-order valence-corrected chi connectivity index (χ4v) is 2.87. The van der Waals surface area contributed by atoms with Gasteiger partial charge in [0.1, 0.15) is 0 Å². The fraction of sp³-hybridized carbons (Fsp3) is 0.600. The van der Waals surface area contributed by atoms with Crippen LogP contribution in [-0.2, 0) is 6.42 Å². The third kappa shape index (κ3) is 4.79. The van der Waals surface area contributed by atoms with Crippen LogP contribution in [0, 0.1) is 5.41 Å². The highest BCUT2D eigenvalue weighted by Gasteiger charge is 2.24. The minimum atomic E-state index is 0.252. The van der Waals surface area contributed by atoms with Crippen LogP contribution in [0.1, 0.15) is 39.2 Å². The van der Waals surface area contributed by atoms with Crippen LogP contribution in [0.25, 0.3) is 0 Å². The van der Waals surface area contributed by atoms with Crippen molar-refractivity contribution in [3.8, 4) is 0 Å². The summed E-state index contributed by atoms with van der Waals surface area (Å²) < 4.78 is 0. The van der Waals surface area contributed by atoms with Gasteiger partial charge in [-0.25, -0.2) is 0 Å². The first-order valence-electron chi connectivity index (χ1n) is 6.65. The zero-order valence-electron chi connectivity index (χ0n) is 11.5. The summed E-state index contributed by atoms with van der Waals surface area (Å²) in [6, 6.07) is 5.80. The van der Waals surface area contributed by atoms with Crippen LogP contribution in [0.3, 0.4) is 0 Å². The summed E-state index contributed by atoms with van der Waals surface area (Å²) >= 11 is 12.2. The van der Waals surface area contributed by atoms with Crippen molar-refractivity contribution in [1.82, 2.24) is 5.32 Å². The molecule has 0 saturated carbocycles. The SMILES string of the molecule is CCCC(C)(CNCC)Cc1ccc(Cl)cc1Cl. The minimum absolute atomic E-state index is 0.252. The van der Waals surface area contributed by atoms with Gasteiger partial charge < -0.3 is 5.32 Å². The smallest absolute Gasteiger partial charge is 0.0453 e. The van der Waals surface area contributed by atoms with Crippen LogP contribution in [0.15, 0.2) is 18.2 Å². The highest BCUT2D eigenvalue weighted by molar-refractivity contribution is 6.35. The van der Waals surface area contributed by atoms with Gasteiger partial charge in [-0.3, -0.25) is 0 Å². The van der Waals surface area contributed by atoms with Crippen molar-refractivity contribution in [3.63, 3.8) is 0 Å². The van der Waals surface area contributed by atoms with E-state index in [1.54, 1.807) is 0 Å². The van der Waals surface area contributed by atoms with E-state index in [1.165, 1.54) is 18.4 Å². The summed E-state index contributed by atoms with van der Waals surface area (Å²) in [5.74, 6) is 0. The van der Waals surface area contributed by atoms with Gasteiger partial charge in [0, 0.05) is 16.6 Å². The molecule has 0 fully saturated rings. The van der Waals surface area contributed by atoms with E-state index in [0.717, 1.165) is 24.5 Å². The van der Waals surface area contributed by atoms with E-state index < -0.39 is 0 Å². The Labute approximate surface area is 121 Å². The normalized spacial score (nSPS) is 14.5. The maximum atomic E-state index is 6.26. The van der Waals surface area contributed by atoms with Gasteiger partial charge in [0.25, 0.3) is 0 Å². The van der Waals surface area contributed by atoms with Crippen molar-refractivity contribution in [1.29, 1.82) is 0 Å². The van der Waals surface area contributed by atoms with Crippen LogP contribution in [-0.4, -0.2) is 13.1 Å². The van der Waals surface area contributed by atoms with E-state index in [0.29, 0.717) is 5.02 Å². The largest absolute Gasteiger partial charge is 0.316 e. The molecule has 0 saturated heterocycles. The zero-order valence-corrected chi connectivity index (χ0v) is 13.0. The Morgan fingerprint density at radius 1 is 1.22 bits per heavy atom. The summed E-state index contributed by atoms with van der Waals surface area (Å²) in [5.41, 5.74) is 1.44. The Morgan fingerprint density at radius 3 is 2.50 bits per heavy atom. The summed E-state index contributed by atoms with van der Waals surface area (Å²) in [7, 11) is 0. The molecule has 0 radical (unpaired) electrons. The molecule has 18 heavy (non-hydrogen) atoms. The fourth-order valence-electron chi connectivity index (χ4n) is 2.39. The third-order valence-electron chi connectivity index (χ3n) is 3.29. The first-order valence-corrected chi connectivity index (χ1v) is 7.41. The maximum Gasteiger partial charge on any atom is 0.0453 e. The predicted octanol–water partition coefficient (Wildman–Crippen LogP) is 4.95. The van der Waals surface area contributed by atoms with E-state index >= 15 is 0 Å². The number of hydrogen-bond donors (Lipinski definition) is 1. The molecule has 1 unspecified atom stereocenters. The van der Waals surface area contributed by atoms with Gasteiger partial charge in [-0.2, -0.15) is 0 Å². The maximum absolute atomic E-state index is 6.26. The number of hydrogen-bond acceptors (Lipinski definition) is 1. The number of benzene rings is 1. The van der Waals surface area contributed by atoms with Gasteiger partial charge in [-0.15, -0.1) is 0 Å². The summed E-state index contributed by atoms with van der Waals surface area (Å²) in [6.07, 6.45) is 3.37. The van der Waals surface area contributed by atoms with Crippen LogP contribution in [0.4, 0.5) is 0 Å². The quantitative estimate of drug-likeness (QED) is 0.748. The minimum Gasteiger partial charge on any atom is -0.316 e. The standard InChI is InChI=1S/C15H23Cl2N/c1-4-8-15(3,11-18-5-2)10-12-6-7-13(16)9-14(12)17/h6-7,9,18H,4-5,8,10-11H2,1-3H3. The monoisotopic (exact) mass is 287 g/mol. The van der Waals surface area contributed by atoms with E-state index in [4.69, 9.17) is 23.2 Å². The molecular weight excluding hydrogens is 265 g/mol. The van der Waals surface area contributed by atoms with Crippen molar-refractivity contribution in [2.75, 3.05) is 13.1 Å². The number of rotatable bonds is 7. The average molecular weight is 288 g/mol. The van der Waals surface area contributed by atoms with Gasteiger partial charge in [-0.05, 0) is 42.5 Å². The second-order valence-corrected chi connectivity index (χ2v) is 6.10. The lowest BCUT2D eigenvalue weighted by Gasteiger charge is -2.30. The highest BCUT2D eigenvalue weighted by Crippen LogP contribution is 2.31. The molecule has 0 bridgehead atoms. The lowest BCUT2D eigenvalue weighted by Crippen LogP contribution is -2.33. The Balaban J connectivity index is 2.81. The lowest BCUT2D eigenvalue weighted by atomic mass is 9.79. The van der Waals surface area contributed by atoms with E-state index in [9.17, 15) is 0 Å². The molecular formula is C15H23Cl2N. The Morgan fingerprint density at radius 2 is 1.94 bits per heavy atom.